The molecule has 0 radical (unpaired) electrons. The SMILES string of the molecule is CC(C)(C)OC(=O)CNCCNC(=O)OCc1ccccc1. The van der Waals surface area contributed by atoms with Crippen LogP contribution in [0.2, 0.25) is 0 Å². The lowest BCUT2D eigenvalue weighted by Gasteiger charge is -2.19. The first-order valence-electron chi connectivity index (χ1n) is 7.24. The third-order valence-corrected chi connectivity index (χ3v) is 2.47. The molecule has 0 atom stereocenters. The Labute approximate surface area is 131 Å². The first kappa shape index (κ1) is 18.0. The van der Waals surface area contributed by atoms with Gasteiger partial charge in [-0.2, -0.15) is 0 Å². The van der Waals surface area contributed by atoms with Gasteiger partial charge in [-0.3, -0.25) is 4.79 Å². The van der Waals surface area contributed by atoms with Gasteiger partial charge in [-0.05, 0) is 26.3 Å². The third kappa shape index (κ3) is 8.97. The molecule has 122 valence electrons. The summed E-state index contributed by atoms with van der Waals surface area (Å²) in [4.78, 5) is 22.9. The molecule has 0 fully saturated rings. The molecule has 0 aromatic heterocycles. The van der Waals surface area contributed by atoms with E-state index in [4.69, 9.17) is 9.47 Å². The fourth-order valence-electron chi connectivity index (χ4n) is 1.60. The number of carbonyl (C=O) groups excluding carboxylic acids is 2. The number of nitrogens with one attached hydrogen (secondary N) is 2. The maximum absolute atomic E-state index is 11.4. The highest BCUT2D eigenvalue weighted by Gasteiger charge is 2.15. The summed E-state index contributed by atoms with van der Waals surface area (Å²) in [6.07, 6.45) is -0.483. The zero-order valence-corrected chi connectivity index (χ0v) is 13.3. The van der Waals surface area contributed by atoms with E-state index in [1.54, 1.807) is 0 Å². The van der Waals surface area contributed by atoms with E-state index in [1.165, 1.54) is 0 Å². The van der Waals surface area contributed by atoms with Gasteiger partial charge in [0.1, 0.15) is 12.2 Å². The zero-order chi connectivity index (χ0) is 16.4. The molecule has 0 saturated carbocycles. The van der Waals surface area contributed by atoms with Gasteiger partial charge in [0.05, 0.1) is 6.54 Å². The van der Waals surface area contributed by atoms with Crippen molar-refractivity contribution in [1.82, 2.24) is 10.6 Å². The predicted octanol–water partition coefficient (Wildman–Crippen LogP) is 1.84. The number of amides is 1. The quantitative estimate of drug-likeness (QED) is 0.594. The van der Waals surface area contributed by atoms with Crippen LogP contribution in [0.15, 0.2) is 30.3 Å². The Balaban J connectivity index is 2.04. The monoisotopic (exact) mass is 308 g/mol. The Bertz CT molecular complexity index is 469. The number of carbonyl (C=O) groups is 2. The average molecular weight is 308 g/mol. The molecule has 1 aromatic rings. The number of ether oxygens (including phenoxy) is 2. The van der Waals surface area contributed by atoms with E-state index < -0.39 is 11.7 Å². The maximum Gasteiger partial charge on any atom is 0.407 e. The van der Waals surface area contributed by atoms with Gasteiger partial charge in [0.2, 0.25) is 0 Å². The lowest BCUT2D eigenvalue weighted by Crippen LogP contribution is -2.36. The van der Waals surface area contributed by atoms with Gasteiger partial charge in [-0.25, -0.2) is 4.79 Å². The van der Waals surface area contributed by atoms with Crippen molar-refractivity contribution in [1.29, 1.82) is 0 Å². The first-order valence-corrected chi connectivity index (χ1v) is 7.24. The van der Waals surface area contributed by atoms with Gasteiger partial charge in [-0.15, -0.1) is 0 Å². The zero-order valence-electron chi connectivity index (χ0n) is 13.3. The third-order valence-electron chi connectivity index (χ3n) is 2.47. The molecule has 0 aliphatic rings. The first-order chi connectivity index (χ1) is 10.4. The van der Waals surface area contributed by atoms with Crippen LogP contribution in [0.1, 0.15) is 26.3 Å². The molecule has 6 heteroatoms. The summed E-state index contributed by atoms with van der Waals surface area (Å²) in [5.74, 6) is -0.320. The van der Waals surface area contributed by atoms with Gasteiger partial charge in [0.25, 0.3) is 0 Å². The Morgan fingerprint density at radius 3 is 2.41 bits per heavy atom. The minimum atomic E-state index is -0.488. The van der Waals surface area contributed by atoms with Gasteiger partial charge in [0, 0.05) is 13.1 Å². The summed E-state index contributed by atoms with van der Waals surface area (Å²) in [5, 5.41) is 5.49. The second kappa shape index (κ2) is 9.04. The molecule has 0 aliphatic carbocycles. The van der Waals surface area contributed by atoms with Crippen molar-refractivity contribution in [2.45, 2.75) is 33.0 Å². The van der Waals surface area contributed by atoms with Gasteiger partial charge in [-0.1, -0.05) is 30.3 Å². The van der Waals surface area contributed by atoms with Crippen molar-refractivity contribution in [3.8, 4) is 0 Å². The van der Waals surface area contributed by atoms with E-state index in [0.29, 0.717) is 13.1 Å². The van der Waals surface area contributed by atoms with Crippen molar-refractivity contribution in [2.75, 3.05) is 19.6 Å². The molecule has 1 aromatic carbocycles. The Kier molecular flexibility index (Phi) is 7.39. The predicted molar refractivity (Wildman–Crippen MR) is 83.3 cm³/mol. The lowest BCUT2D eigenvalue weighted by molar-refractivity contribution is -0.153. The summed E-state index contributed by atoms with van der Waals surface area (Å²) in [6, 6.07) is 9.44. The molecule has 22 heavy (non-hydrogen) atoms. The summed E-state index contributed by atoms with van der Waals surface area (Å²) in [6.45, 7) is 6.62. The van der Waals surface area contributed by atoms with Crippen LogP contribution in [0.5, 0.6) is 0 Å². The molecular formula is C16H24N2O4. The van der Waals surface area contributed by atoms with Gasteiger partial charge in [0.15, 0.2) is 0 Å². The largest absolute Gasteiger partial charge is 0.459 e. The number of alkyl carbamates (subject to hydrolysis) is 1. The fraction of sp³-hybridized carbons (Fsp3) is 0.500. The van der Waals surface area contributed by atoms with Crippen molar-refractivity contribution in [2.24, 2.45) is 0 Å². The second-order valence-electron chi connectivity index (χ2n) is 5.75. The molecule has 6 nitrogen and oxygen atoms in total. The Morgan fingerprint density at radius 2 is 1.77 bits per heavy atom. The minimum absolute atomic E-state index is 0.109. The molecule has 0 heterocycles. The van der Waals surface area contributed by atoms with Crippen LogP contribution >= 0.6 is 0 Å². The molecule has 0 saturated heterocycles. The number of benzene rings is 1. The topological polar surface area (TPSA) is 76.7 Å². The van der Waals surface area contributed by atoms with E-state index in [9.17, 15) is 9.59 Å². The summed E-state index contributed by atoms with van der Waals surface area (Å²) < 4.78 is 10.2. The van der Waals surface area contributed by atoms with E-state index in [1.807, 2.05) is 51.1 Å². The van der Waals surface area contributed by atoms with Crippen LogP contribution < -0.4 is 10.6 Å². The van der Waals surface area contributed by atoms with Crippen molar-refractivity contribution in [3.05, 3.63) is 35.9 Å². The average Bonchev–Trinajstić information content (AvgIpc) is 2.44. The summed E-state index contributed by atoms with van der Waals surface area (Å²) in [5.41, 5.74) is 0.443. The molecule has 0 aliphatic heterocycles. The number of rotatable bonds is 7. The molecule has 0 unspecified atom stereocenters. The Morgan fingerprint density at radius 1 is 1.09 bits per heavy atom. The van der Waals surface area contributed by atoms with Crippen molar-refractivity contribution in [3.63, 3.8) is 0 Å². The van der Waals surface area contributed by atoms with Crippen molar-refractivity contribution < 1.29 is 19.1 Å². The van der Waals surface area contributed by atoms with E-state index in [-0.39, 0.29) is 19.1 Å². The number of hydrogen-bond acceptors (Lipinski definition) is 5. The molecule has 1 rings (SSSR count). The number of hydrogen-bond donors (Lipinski definition) is 2. The summed E-state index contributed by atoms with van der Waals surface area (Å²) in [7, 11) is 0. The molecule has 0 spiro atoms. The van der Waals surface area contributed by atoms with Crippen LogP contribution in [0.25, 0.3) is 0 Å². The molecule has 1 amide bonds. The van der Waals surface area contributed by atoms with Crippen LogP contribution in [-0.2, 0) is 20.9 Å². The second-order valence-corrected chi connectivity index (χ2v) is 5.75. The van der Waals surface area contributed by atoms with Crippen molar-refractivity contribution >= 4 is 12.1 Å². The van der Waals surface area contributed by atoms with E-state index in [0.717, 1.165) is 5.56 Å². The molecule has 0 bridgehead atoms. The maximum atomic E-state index is 11.4. The standard InChI is InChI=1S/C16H24N2O4/c1-16(2,3)22-14(19)11-17-9-10-18-15(20)21-12-13-7-5-4-6-8-13/h4-8,17H,9-12H2,1-3H3,(H,18,20). The smallest absolute Gasteiger partial charge is 0.407 e. The van der Waals surface area contributed by atoms with Crippen LogP contribution in [-0.4, -0.2) is 37.3 Å². The van der Waals surface area contributed by atoms with E-state index >= 15 is 0 Å². The molecule has 2 N–H and O–H groups in total. The van der Waals surface area contributed by atoms with Gasteiger partial charge >= 0.3 is 12.1 Å². The highest BCUT2D eigenvalue weighted by molar-refractivity contribution is 5.72. The summed E-state index contributed by atoms with van der Waals surface area (Å²) >= 11 is 0. The highest BCUT2D eigenvalue weighted by atomic mass is 16.6. The normalized spacial score (nSPS) is 10.9. The van der Waals surface area contributed by atoms with Crippen LogP contribution in [0.3, 0.4) is 0 Å². The van der Waals surface area contributed by atoms with Crippen LogP contribution in [0, 0.1) is 0 Å². The lowest BCUT2D eigenvalue weighted by atomic mass is 10.2. The van der Waals surface area contributed by atoms with E-state index in [2.05, 4.69) is 10.6 Å². The molecular weight excluding hydrogens is 284 g/mol. The van der Waals surface area contributed by atoms with Gasteiger partial charge < -0.3 is 20.1 Å². The fourth-order valence-corrected chi connectivity index (χ4v) is 1.60. The minimum Gasteiger partial charge on any atom is -0.459 e. The Hall–Kier alpha value is -2.08. The number of esters is 1. The highest BCUT2D eigenvalue weighted by Crippen LogP contribution is 2.06. The van der Waals surface area contributed by atoms with Crippen LogP contribution in [0.4, 0.5) is 4.79 Å².